The first-order valence-corrected chi connectivity index (χ1v) is 4.35. The predicted octanol–water partition coefficient (Wildman–Crippen LogP) is 1.57. The second-order valence-electron chi connectivity index (χ2n) is 2.97. The smallest absolute Gasteiger partial charge is 0.163 e. The van der Waals surface area contributed by atoms with Gasteiger partial charge in [-0.05, 0) is 24.6 Å². The molecule has 0 spiro atoms. The van der Waals surface area contributed by atoms with E-state index in [1.54, 1.807) is 30.4 Å². The summed E-state index contributed by atoms with van der Waals surface area (Å²) >= 11 is 0. The summed E-state index contributed by atoms with van der Waals surface area (Å²) in [5, 5.41) is 9.48. The van der Waals surface area contributed by atoms with E-state index < -0.39 is 0 Å². The molecule has 0 amide bonds. The van der Waals surface area contributed by atoms with E-state index in [-0.39, 0.29) is 11.5 Å². The summed E-state index contributed by atoms with van der Waals surface area (Å²) in [5.74, 6) is -0.131. The highest BCUT2D eigenvalue weighted by atomic mass is 16.3. The Morgan fingerprint density at radius 3 is 2.79 bits per heavy atom. The molecule has 3 N–H and O–H groups in total. The van der Waals surface area contributed by atoms with Gasteiger partial charge >= 0.3 is 0 Å². The van der Waals surface area contributed by atoms with Gasteiger partial charge in [-0.3, -0.25) is 4.79 Å². The van der Waals surface area contributed by atoms with Gasteiger partial charge < -0.3 is 10.8 Å². The van der Waals surface area contributed by atoms with Gasteiger partial charge in [0.15, 0.2) is 5.78 Å². The highest BCUT2D eigenvalue weighted by Gasteiger charge is 2.05. The Balaban J connectivity index is 3.00. The van der Waals surface area contributed by atoms with Gasteiger partial charge in [0.05, 0.1) is 5.56 Å². The average Bonchev–Trinajstić information content (AvgIpc) is 2.14. The number of rotatable bonds is 3. The number of benzene rings is 1. The molecule has 1 rings (SSSR count). The van der Waals surface area contributed by atoms with Crippen LogP contribution in [0.5, 0.6) is 5.75 Å². The Morgan fingerprint density at radius 1 is 1.57 bits per heavy atom. The van der Waals surface area contributed by atoms with Crippen molar-refractivity contribution in [2.45, 2.75) is 6.92 Å². The zero-order valence-electron chi connectivity index (χ0n) is 8.03. The molecule has 3 nitrogen and oxygen atoms in total. The Labute approximate surface area is 82.9 Å². The van der Waals surface area contributed by atoms with Crippen LogP contribution in [0.2, 0.25) is 0 Å². The van der Waals surface area contributed by atoms with Crippen LogP contribution < -0.4 is 5.73 Å². The lowest BCUT2D eigenvalue weighted by molar-refractivity contribution is 0.101. The Bertz CT molecular complexity index is 370. The van der Waals surface area contributed by atoms with Gasteiger partial charge in [-0.15, -0.1) is 0 Å². The summed E-state index contributed by atoms with van der Waals surface area (Å²) < 4.78 is 0. The van der Waals surface area contributed by atoms with Gasteiger partial charge in [-0.1, -0.05) is 18.2 Å². The SMILES string of the molecule is CC(=O)c1ccc(C=CCN)cc1O. The van der Waals surface area contributed by atoms with Crippen molar-refractivity contribution in [3.05, 3.63) is 35.4 Å². The van der Waals surface area contributed by atoms with E-state index in [1.807, 2.05) is 0 Å². The quantitative estimate of drug-likeness (QED) is 0.713. The van der Waals surface area contributed by atoms with Crippen LogP contribution in [0.25, 0.3) is 6.08 Å². The van der Waals surface area contributed by atoms with Gasteiger partial charge in [0.25, 0.3) is 0 Å². The molecule has 0 bridgehead atoms. The molecule has 1 aromatic rings. The highest BCUT2D eigenvalue weighted by molar-refractivity contribution is 5.96. The fraction of sp³-hybridized carbons (Fsp3) is 0.182. The summed E-state index contributed by atoms with van der Waals surface area (Å²) in [6.07, 6.45) is 3.58. The Kier molecular flexibility index (Phi) is 3.42. The van der Waals surface area contributed by atoms with E-state index >= 15 is 0 Å². The minimum atomic E-state index is -0.142. The van der Waals surface area contributed by atoms with Gasteiger partial charge in [0.1, 0.15) is 5.75 Å². The fourth-order valence-corrected chi connectivity index (χ4v) is 1.15. The number of nitrogens with two attached hydrogens (primary N) is 1. The van der Waals surface area contributed by atoms with Crippen LogP contribution in [0.4, 0.5) is 0 Å². The second kappa shape index (κ2) is 4.58. The van der Waals surface area contributed by atoms with E-state index in [4.69, 9.17) is 5.73 Å². The minimum absolute atomic E-state index is 0.0108. The van der Waals surface area contributed by atoms with E-state index in [0.29, 0.717) is 12.1 Å². The second-order valence-corrected chi connectivity index (χ2v) is 2.97. The molecular weight excluding hydrogens is 178 g/mol. The monoisotopic (exact) mass is 191 g/mol. The van der Waals surface area contributed by atoms with Crippen molar-refractivity contribution < 1.29 is 9.90 Å². The van der Waals surface area contributed by atoms with E-state index in [0.717, 1.165) is 5.56 Å². The number of carbonyl (C=O) groups is 1. The van der Waals surface area contributed by atoms with E-state index in [9.17, 15) is 9.90 Å². The fourth-order valence-electron chi connectivity index (χ4n) is 1.15. The van der Waals surface area contributed by atoms with Gasteiger partial charge in [0, 0.05) is 6.54 Å². The largest absolute Gasteiger partial charge is 0.507 e. The van der Waals surface area contributed by atoms with Crippen molar-refractivity contribution in [1.29, 1.82) is 0 Å². The lowest BCUT2D eigenvalue weighted by Crippen LogP contribution is -1.93. The summed E-state index contributed by atoms with van der Waals surface area (Å²) in [6.45, 7) is 1.87. The van der Waals surface area contributed by atoms with Crippen LogP contribution in [0.1, 0.15) is 22.8 Å². The van der Waals surface area contributed by atoms with Gasteiger partial charge in [-0.2, -0.15) is 0 Å². The number of carbonyl (C=O) groups excluding carboxylic acids is 1. The van der Waals surface area contributed by atoms with E-state index in [2.05, 4.69) is 0 Å². The molecule has 0 unspecified atom stereocenters. The van der Waals surface area contributed by atoms with E-state index in [1.165, 1.54) is 6.92 Å². The first-order chi connectivity index (χ1) is 6.65. The number of ketones is 1. The summed E-state index contributed by atoms with van der Waals surface area (Å²) in [7, 11) is 0. The summed E-state index contributed by atoms with van der Waals surface area (Å²) in [4.78, 5) is 11.0. The molecule has 0 heterocycles. The van der Waals surface area contributed by atoms with Crippen molar-refractivity contribution >= 4 is 11.9 Å². The molecule has 0 radical (unpaired) electrons. The molecule has 0 atom stereocenters. The lowest BCUT2D eigenvalue weighted by Gasteiger charge is -2.01. The molecule has 14 heavy (non-hydrogen) atoms. The zero-order valence-corrected chi connectivity index (χ0v) is 8.03. The maximum atomic E-state index is 11.0. The maximum absolute atomic E-state index is 11.0. The lowest BCUT2D eigenvalue weighted by atomic mass is 10.1. The summed E-state index contributed by atoms with van der Waals surface area (Å²) in [6, 6.07) is 4.92. The van der Waals surface area contributed by atoms with Crippen molar-refractivity contribution in [1.82, 2.24) is 0 Å². The van der Waals surface area contributed by atoms with Crippen molar-refractivity contribution in [2.75, 3.05) is 6.54 Å². The number of phenolic OH excluding ortho intramolecular Hbond substituents is 1. The van der Waals surface area contributed by atoms with Crippen molar-refractivity contribution in [3.63, 3.8) is 0 Å². The van der Waals surface area contributed by atoms with Crippen LogP contribution in [-0.4, -0.2) is 17.4 Å². The van der Waals surface area contributed by atoms with Crippen LogP contribution in [0.15, 0.2) is 24.3 Å². The van der Waals surface area contributed by atoms with Gasteiger partial charge in [0.2, 0.25) is 0 Å². The van der Waals surface area contributed by atoms with Crippen LogP contribution in [-0.2, 0) is 0 Å². The molecule has 0 fully saturated rings. The maximum Gasteiger partial charge on any atom is 0.163 e. The first-order valence-electron chi connectivity index (χ1n) is 4.35. The number of hydrogen-bond acceptors (Lipinski definition) is 3. The topological polar surface area (TPSA) is 63.3 Å². The number of phenols is 1. The third kappa shape index (κ3) is 2.44. The molecule has 0 saturated heterocycles. The van der Waals surface area contributed by atoms with Gasteiger partial charge in [-0.25, -0.2) is 0 Å². The number of aromatic hydroxyl groups is 1. The molecule has 74 valence electrons. The van der Waals surface area contributed by atoms with Crippen LogP contribution in [0.3, 0.4) is 0 Å². The molecule has 0 aliphatic carbocycles. The molecule has 0 aromatic heterocycles. The first kappa shape index (κ1) is 10.5. The normalized spacial score (nSPS) is 10.7. The predicted molar refractivity (Wildman–Crippen MR) is 56.2 cm³/mol. The molecule has 1 aromatic carbocycles. The Hall–Kier alpha value is -1.61. The molecule has 0 aliphatic rings. The third-order valence-corrected chi connectivity index (χ3v) is 1.85. The molecule has 0 saturated carbocycles. The summed E-state index contributed by atoms with van der Waals surface area (Å²) in [5.41, 5.74) is 6.46. The Morgan fingerprint density at radius 2 is 2.29 bits per heavy atom. The minimum Gasteiger partial charge on any atom is -0.507 e. The van der Waals surface area contributed by atoms with Crippen LogP contribution >= 0.6 is 0 Å². The number of hydrogen-bond donors (Lipinski definition) is 2. The standard InChI is InChI=1S/C11H13NO2/c1-8(13)10-5-4-9(3-2-6-12)7-11(10)14/h2-5,7,14H,6,12H2,1H3. The molecular formula is C11H13NO2. The highest BCUT2D eigenvalue weighted by Crippen LogP contribution is 2.19. The van der Waals surface area contributed by atoms with Crippen molar-refractivity contribution in [3.8, 4) is 5.75 Å². The third-order valence-electron chi connectivity index (χ3n) is 1.85. The molecule has 3 heteroatoms. The molecule has 0 aliphatic heterocycles. The van der Waals surface area contributed by atoms with Crippen LogP contribution in [0, 0.1) is 0 Å². The van der Waals surface area contributed by atoms with Crippen molar-refractivity contribution in [2.24, 2.45) is 5.73 Å². The number of Topliss-reactive ketones (excluding diaryl/α,β-unsaturated/α-hetero) is 1. The average molecular weight is 191 g/mol. The zero-order chi connectivity index (χ0) is 10.6.